The van der Waals surface area contributed by atoms with Gasteiger partial charge in [0.25, 0.3) is 0 Å². The molecule has 0 aromatic rings. The zero-order valence-corrected chi connectivity index (χ0v) is 15.0. The van der Waals surface area contributed by atoms with Gasteiger partial charge in [0.05, 0.1) is 36.5 Å². The lowest BCUT2D eigenvalue weighted by Gasteiger charge is -2.44. The van der Waals surface area contributed by atoms with Crippen molar-refractivity contribution in [3.8, 4) is 0 Å². The van der Waals surface area contributed by atoms with E-state index in [0.29, 0.717) is 30.1 Å². The Morgan fingerprint density at radius 2 is 2.16 bits per heavy atom. The normalized spacial score (nSPS) is 32.7. The van der Waals surface area contributed by atoms with Crippen LogP contribution in [0, 0.1) is 11.3 Å². The van der Waals surface area contributed by atoms with Crippen molar-refractivity contribution in [2.75, 3.05) is 13.2 Å². The number of aliphatic hydroxyl groups is 2. The fraction of sp³-hybridized carbons (Fsp3) is 0.688. The molecule has 8 nitrogen and oxygen atoms in total. The van der Waals surface area contributed by atoms with Crippen molar-refractivity contribution in [3.63, 3.8) is 0 Å². The summed E-state index contributed by atoms with van der Waals surface area (Å²) in [5.74, 6) is -1.61. The van der Waals surface area contributed by atoms with Gasteiger partial charge in [-0.05, 0) is 20.3 Å². The number of aliphatic hydroxyl groups excluding tert-OH is 2. The number of carboxylic acid groups (broad SMARTS) is 1. The molecular formula is C16H23N3O5S. The first kappa shape index (κ1) is 18.2. The number of hydrogen-bond donors (Lipinski definition) is 4. The van der Waals surface area contributed by atoms with Gasteiger partial charge in [-0.1, -0.05) is 0 Å². The number of amidine groups is 1. The first-order chi connectivity index (χ1) is 11.8. The number of nitrogens with one attached hydrogen (secondary N) is 1. The summed E-state index contributed by atoms with van der Waals surface area (Å²) < 4.78 is 0. The third kappa shape index (κ3) is 2.94. The highest BCUT2D eigenvalue weighted by Crippen LogP contribution is 2.49. The minimum atomic E-state index is -1.13. The molecule has 0 aromatic carbocycles. The zero-order valence-electron chi connectivity index (χ0n) is 14.2. The molecule has 9 heteroatoms. The highest BCUT2D eigenvalue weighted by atomic mass is 32.2. The second-order valence-electron chi connectivity index (χ2n) is 6.87. The molecule has 3 rings (SSSR count). The molecule has 138 valence electrons. The molecular weight excluding hydrogens is 346 g/mol. The summed E-state index contributed by atoms with van der Waals surface area (Å²) in [6.45, 7) is 3.75. The maximum atomic E-state index is 12.2. The Hall–Kier alpha value is -1.58. The molecule has 0 aliphatic carbocycles. The molecule has 4 N–H and O–H groups in total. The summed E-state index contributed by atoms with van der Waals surface area (Å²) in [5, 5.41) is 36.7. The summed E-state index contributed by atoms with van der Waals surface area (Å²) in [6.07, 6.45) is 0.304. The molecule has 2 saturated heterocycles. The van der Waals surface area contributed by atoms with Gasteiger partial charge in [0.15, 0.2) is 0 Å². The fourth-order valence-corrected chi connectivity index (χ4v) is 5.60. The van der Waals surface area contributed by atoms with E-state index in [1.807, 2.05) is 4.90 Å². The number of hydrogen-bond acceptors (Lipinski definition) is 6. The molecule has 0 spiro atoms. The molecule has 25 heavy (non-hydrogen) atoms. The minimum absolute atomic E-state index is 0.0301. The lowest BCUT2D eigenvalue weighted by Crippen LogP contribution is -2.61. The Balaban J connectivity index is 1.77. The molecule has 3 heterocycles. The number of β-lactam (4-membered cyclic amide) rings is 1. The fourth-order valence-electron chi connectivity index (χ4n) is 4.08. The number of fused-ring (bicyclic) bond motifs is 1. The van der Waals surface area contributed by atoms with E-state index in [-0.39, 0.29) is 35.5 Å². The minimum Gasteiger partial charge on any atom is -0.477 e. The van der Waals surface area contributed by atoms with Crippen LogP contribution in [0.3, 0.4) is 0 Å². The summed E-state index contributed by atoms with van der Waals surface area (Å²) in [5.41, 5.74) is 0.0301. The van der Waals surface area contributed by atoms with Gasteiger partial charge in [0, 0.05) is 23.1 Å². The van der Waals surface area contributed by atoms with Crippen LogP contribution >= 0.6 is 11.8 Å². The van der Waals surface area contributed by atoms with E-state index in [1.54, 1.807) is 13.8 Å². The molecule has 0 aromatic heterocycles. The summed E-state index contributed by atoms with van der Waals surface area (Å²) in [7, 11) is 0. The first-order valence-electron chi connectivity index (χ1n) is 8.33. The van der Waals surface area contributed by atoms with E-state index in [0.717, 1.165) is 0 Å². The van der Waals surface area contributed by atoms with Gasteiger partial charge in [-0.25, -0.2) is 4.79 Å². The predicted octanol–water partition coefficient (Wildman–Crippen LogP) is 0.0597. The van der Waals surface area contributed by atoms with Crippen molar-refractivity contribution in [2.24, 2.45) is 5.92 Å². The average Bonchev–Trinajstić information content (AvgIpc) is 3.06. The standard InChI is InChI=1S/C16H23N3O5S/c1-7(21)13-11-4-12(14(16(23)24)19(11)15(13)22)25-10-3-9(6-20)18(5-10)8(2)17/h7,9-11,13,17,20-21H,3-6H2,1-2H3,(H,23,24)/t7?,9?,10?,11-,13-/m1/s1. The maximum absolute atomic E-state index is 12.2. The van der Waals surface area contributed by atoms with Gasteiger partial charge >= 0.3 is 5.97 Å². The van der Waals surface area contributed by atoms with E-state index < -0.39 is 18.0 Å². The molecule has 0 saturated carbocycles. The molecule has 0 radical (unpaired) electrons. The van der Waals surface area contributed by atoms with E-state index in [4.69, 9.17) is 5.41 Å². The number of carbonyl (C=O) groups excluding carboxylic acids is 1. The zero-order chi connectivity index (χ0) is 18.5. The van der Waals surface area contributed by atoms with Gasteiger partial charge in [-0.15, -0.1) is 11.8 Å². The Morgan fingerprint density at radius 1 is 1.48 bits per heavy atom. The Morgan fingerprint density at radius 3 is 2.64 bits per heavy atom. The Bertz CT molecular complexity index is 650. The van der Waals surface area contributed by atoms with E-state index >= 15 is 0 Å². The van der Waals surface area contributed by atoms with Crippen molar-refractivity contribution in [3.05, 3.63) is 10.6 Å². The summed E-state index contributed by atoms with van der Waals surface area (Å²) in [4.78, 5) is 27.7. The molecule has 5 atom stereocenters. The van der Waals surface area contributed by atoms with Crippen LogP contribution in [0.2, 0.25) is 0 Å². The van der Waals surface area contributed by atoms with Gasteiger partial charge in [-0.2, -0.15) is 0 Å². The predicted molar refractivity (Wildman–Crippen MR) is 92.1 cm³/mol. The van der Waals surface area contributed by atoms with E-state index in [1.165, 1.54) is 16.7 Å². The number of carboxylic acids is 1. The Labute approximate surface area is 150 Å². The number of rotatable bonds is 5. The van der Waals surface area contributed by atoms with Crippen molar-refractivity contribution < 1.29 is 24.9 Å². The summed E-state index contributed by atoms with van der Waals surface area (Å²) >= 11 is 1.43. The number of carbonyl (C=O) groups is 2. The Kier molecular flexibility index (Phi) is 4.82. The highest BCUT2D eigenvalue weighted by molar-refractivity contribution is 8.03. The van der Waals surface area contributed by atoms with Crippen LogP contribution in [0.4, 0.5) is 0 Å². The number of likely N-dealkylation sites (tertiary alicyclic amines) is 1. The van der Waals surface area contributed by atoms with Crippen LogP contribution in [-0.2, 0) is 9.59 Å². The van der Waals surface area contributed by atoms with Crippen LogP contribution in [-0.4, -0.2) is 79.4 Å². The average molecular weight is 369 g/mol. The maximum Gasteiger partial charge on any atom is 0.353 e. The molecule has 2 fully saturated rings. The largest absolute Gasteiger partial charge is 0.477 e. The molecule has 1 amide bonds. The highest BCUT2D eigenvalue weighted by Gasteiger charge is 2.57. The lowest BCUT2D eigenvalue weighted by atomic mass is 9.83. The van der Waals surface area contributed by atoms with Gasteiger partial charge in [0.1, 0.15) is 5.70 Å². The SMILES string of the molecule is CC(=N)N1CC(SC2=C(C(=O)O)N3C(=O)[C@H](C(C)O)[C@H]3C2)CC1CO. The van der Waals surface area contributed by atoms with Crippen LogP contribution in [0.25, 0.3) is 0 Å². The summed E-state index contributed by atoms with van der Waals surface area (Å²) in [6, 6.07) is -0.411. The molecule has 3 unspecified atom stereocenters. The van der Waals surface area contributed by atoms with Crippen LogP contribution in [0.15, 0.2) is 10.6 Å². The van der Waals surface area contributed by atoms with Crippen LogP contribution in [0.1, 0.15) is 26.7 Å². The first-order valence-corrected chi connectivity index (χ1v) is 9.21. The second-order valence-corrected chi connectivity index (χ2v) is 8.27. The van der Waals surface area contributed by atoms with Crippen molar-refractivity contribution in [1.82, 2.24) is 9.80 Å². The van der Waals surface area contributed by atoms with Crippen molar-refractivity contribution >= 4 is 29.5 Å². The van der Waals surface area contributed by atoms with Crippen molar-refractivity contribution in [2.45, 2.75) is 50.1 Å². The molecule has 0 bridgehead atoms. The smallest absolute Gasteiger partial charge is 0.353 e. The second kappa shape index (κ2) is 6.62. The number of nitrogens with zero attached hydrogens (tertiary/aromatic N) is 2. The van der Waals surface area contributed by atoms with Gasteiger partial charge in [-0.3, -0.25) is 10.2 Å². The lowest BCUT2D eigenvalue weighted by molar-refractivity contribution is -0.161. The van der Waals surface area contributed by atoms with E-state index in [9.17, 15) is 24.9 Å². The van der Waals surface area contributed by atoms with Crippen LogP contribution in [0.5, 0.6) is 0 Å². The van der Waals surface area contributed by atoms with Gasteiger partial charge < -0.3 is 25.1 Å². The number of amides is 1. The van der Waals surface area contributed by atoms with E-state index in [2.05, 4.69) is 0 Å². The third-order valence-electron chi connectivity index (χ3n) is 5.22. The van der Waals surface area contributed by atoms with Crippen molar-refractivity contribution in [1.29, 1.82) is 5.41 Å². The van der Waals surface area contributed by atoms with Crippen LogP contribution < -0.4 is 0 Å². The quantitative estimate of drug-likeness (QED) is 0.307. The topological polar surface area (TPSA) is 125 Å². The number of thioether (sulfide) groups is 1. The van der Waals surface area contributed by atoms with Gasteiger partial charge in [0.2, 0.25) is 5.91 Å². The molecule has 3 aliphatic heterocycles. The molecule has 3 aliphatic rings. The third-order valence-corrected chi connectivity index (χ3v) is 6.54. The number of aliphatic carboxylic acids is 1. The monoisotopic (exact) mass is 369 g/mol.